The van der Waals surface area contributed by atoms with Crippen LogP contribution in [0.4, 0.5) is 0 Å². The van der Waals surface area contributed by atoms with Gasteiger partial charge in [-0.05, 0) is 31.6 Å². The first-order valence-corrected chi connectivity index (χ1v) is 8.13. The van der Waals surface area contributed by atoms with Gasteiger partial charge in [0.05, 0.1) is 6.07 Å². The van der Waals surface area contributed by atoms with Crippen LogP contribution in [0.1, 0.15) is 57.8 Å². The molecule has 2 rings (SSSR count). The van der Waals surface area contributed by atoms with Gasteiger partial charge in [-0.15, -0.1) is 0 Å². The summed E-state index contributed by atoms with van der Waals surface area (Å²) in [4.78, 5) is 25.6. The van der Waals surface area contributed by atoms with E-state index in [1.807, 2.05) is 11.0 Å². The van der Waals surface area contributed by atoms with Gasteiger partial charge < -0.3 is 10.2 Å². The molecule has 1 aliphatic carbocycles. The average Bonchev–Trinajstić information content (AvgIpc) is 2.49. The second-order valence-electron chi connectivity index (χ2n) is 6.27. The van der Waals surface area contributed by atoms with E-state index in [1.54, 1.807) is 0 Å². The normalized spacial score (nSPS) is 20.8. The summed E-state index contributed by atoms with van der Waals surface area (Å²) in [6.07, 6.45) is 8.47. The molecule has 0 spiro atoms. The Morgan fingerprint density at radius 2 is 1.76 bits per heavy atom. The quantitative estimate of drug-likeness (QED) is 0.860. The minimum absolute atomic E-state index is 0.0825. The van der Waals surface area contributed by atoms with Gasteiger partial charge in [-0.3, -0.25) is 9.59 Å². The Labute approximate surface area is 126 Å². The molecule has 0 unspecified atom stereocenters. The minimum Gasteiger partial charge on any atom is -0.352 e. The fourth-order valence-corrected chi connectivity index (χ4v) is 3.39. The van der Waals surface area contributed by atoms with Crippen molar-refractivity contribution in [3.8, 4) is 6.07 Å². The van der Waals surface area contributed by atoms with Crippen LogP contribution >= 0.6 is 0 Å². The molecule has 0 aromatic carbocycles. The highest BCUT2D eigenvalue weighted by atomic mass is 16.2. The van der Waals surface area contributed by atoms with Crippen LogP contribution in [0.15, 0.2) is 0 Å². The maximum absolute atomic E-state index is 12.3. The summed E-state index contributed by atoms with van der Waals surface area (Å²) >= 11 is 0. The average molecular weight is 291 g/mol. The Morgan fingerprint density at radius 1 is 1.10 bits per heavy atom. The molecule has 5 heteroatoms. The Balaban J connectivity index is 1.69. The second-order valence-corrected chi connectivity index (χ2v) is 6.27. The van der Waals surface area contributed by atoms with Crippen molar-refractivity contribution in [2.45, 2.75) is 63.8 Å². The molecule has 0 bridgehead atoms. The van der Waals surface area contributed by atoms with Crippen LogP contribution in [0.5, 0.6) is 0 Å². The van der Waals surface area contributed by atoms with Crippen LogP contribution in [0.3, 0.4) is 0 Å². The zero-order valence-electron chi connectivity index (χ0n) is 12.6. The van der Waals surface area contributed by atoms with E-state index in [1.165, 1.54) is 32.1 Å². The number of carbonyl (C=O) groups is 2. The third-order valence-electron chi connectivity index (χ3n) is 4.64. The lowest BCUT2D eigenvalue weighted by Crippen LogP contribution is -2.46. The first-order chi connectivity index (χ1) is 10.2. The summed E-state index contributed by atoms with van der Waals surface area (Å²) in [5, 5.41) is 11.3. The highest BCUT2D eigenvalue weighted by molar-refractivity contribution is 5.78. The number of hydrogen-bond donors (Lipinski definition) is 1. The van der Waals surface area contributed by atoms with Crippen molar-refractivity contribution in [3.63, 3.8) is 0 Å². The van der Waals surface area contributed by atoms with Crippen LogP contribution in [0.25, 0.3) is 0 Å². The van der Waals surface area contributed by atoms with Gasteiger partial charge >= 0.3 is 0 Å². The summed E-state index contributed by atoms with van der Waals surface area (Å²) < 4.78 is 0. The number of carbonyl (C=O) groups excluding carboxylic acids is 2. The standard InChI is InChI=1S/C16H25N3O2/c17-9-6-15(20)18-14-7-10-19(11-8-14)16(21)12-13-4-2-1-3-5-13/h13-14H,1-8,10-12H2,(H,18,20). The molecule has 1 N–H and O–H groups in total. The Bertz CT molecular complexity index is 402. The Hall–Kier alpha value is -1.57. The highest BCUT2D eigenvalue weighted by Gasteiger charge is 2.26. The summed E-state index contributed by atoms with van der Waals surface area (Å²) in [5.41, 5.74) is 0. The molecule has 2 aliphatic rings. The van der Waals surface area contributed by atoms with Crippen molar-refractivity contribution >= 4 is 11.8 Å². The Kier molecular flexibility index (Phi) is 6.04. The third-order valence-corrected chi connectivity index (χ3v) is 4.64. The lowest BCUT2D eigenvalue weighted by Gasteiger charge is -2.33. The van der Waals surface area contributed by atoms with Crippen molar-refractivity contribution in [1.82, 2.24) is 10.2 Å². The summed E-state index contributed by atoms with van der Waals surface area (Å²) in [7, 11) is 0. The molecule has 1 heterocycles. The van der Waals surface area contributed by atoms with Crippen LogP contribution in [-0.2, 0) is 9.59 Å². The molecule has 0 atom stereocenters. The molecule has 1 saturated heterocycles. The van der Waals surface area contributed by atoms with E-state index >= 15 is 0 Å². The molecule has 0 radical (unpaired) electrons. The fraction of sp³-hybridized carbons (Fsp3) is 0.812. The maximum Gasteiger partial charge on any atom is 0.234 e. The van der Waals surface area contributed by atoms with Crippen LogP contribution < -0.4 is 5.32 Å². The number of rotatable bonds is 4. The lowest BCUT2D eigenvalue weighted by molar-refractivity contribution is -0.133. The van der Waals surface area contributed by atoms with Gasteiger partial charge in [0, 0.05) is 25.6 Å². The number of likely N-dealkylation sites (tertiary alicyclic amines) is 1. The minimum atomic E-state index is -0.204. The third kappa shape index (κ3) is 5.04. The molecule has 1 aliphatic heterocycles. The largest absolute Gasteiger partial charge is 0.352 e. The van der Waals surface area contributed by atoms with Crippen molar-refractivity contribution in [2.24, 2.45) is 5.92 Å². The van der Waals surface area contributed by atoms with Crippen molar-refractivity contribution < 1.29 is 9.59 Å². The van der Waals surface area contributed by atoms with Gasteiger partial charge in [0.25, 0.3) is 0 Å². The monoisotopic (exact) mass is 291 g/mol. The van der Waals surface area contributed by atoms with Gasteiger partial charge in [-0.1, -0.05) is 19.3 Å². The zero-order valence-corrected chi connectivity index (χ0v) is 12.6. The van der Waals surface area contributed by atoms with Gasteiger partial charge in [-0.25, -0.2) is 0 Å². The van der Waals surface area contributed by atoms with E-state index in [4.69, 9.17) is 5.26 Å². The van der Waals surface area contributed by atoms with Gasteiger partial charge in [0.1, 0.15) is 6.42 Å². The molecule has 0 aromatic heterocycles. The molecule has 2 fully saturated rings. The molecule has 116 valence electrons. The SMILES string of the molecule is N#CCC(=O)NC1CCN(C(=O)CC2CCCCC2)CC1. The van der Waals surface area contributed by atoms with E-state index in [0.717, 1.165) is 25.9 Å². The predicted octanol–water partition coefficient (Wildman–Crippen LogP) is 1.98. The first-order valence-electron chi connectivity index (χ1n) is 8.13. The van der Waals surface area contributed by atoms with Gasteiger partial charge in [-0.2, -0.15) is 5.26 Å². The second kappa shape index (κ2) is 8.02. The molecule has 2 amide bonds. The number of hydrogen-bond acceptors (Lipinski definition) is 3. The van der Waals surface area contributed by atoms with Gasteiger partial charge in [0.2, 0.25) is 11.8 Å². The summed E-state index contributed by atoms with van der Waals surface area (Å²) in [6, 6.07) is 1.97. The number of piperidine rings is 1. The topological polar surface area (TPSA) is 73.2 Å². The van der Waals surface area contributed by atoms with Crippen molar-refractivity contribution in [2.75, 3.05) is 13.1 Å². The zero-order chi connectivity index (χ0) is 15.1. The molecule has 1 saturated carbocycles. The molecule has 0 aromatic rings. The van der Waals surface area contributed by atoms with Crippen LogP contribution in [0, 0.1) is 17.2 Å². The maximum atomic E-state index is 12.3. The van der Waals surface area contributed by atoms with Crippen molar-refractivity contribution in [1.29, 1.82) is 5.26 Å². The van der Waals surface area contributed by atoms with Crippen LogP contribution in [0.2, 0.25) is 0 Å². The number of nitrogens with one attached hydrogen (secondary N) is 1. The molecule has 21 heavy (non-hydrogen) atoms. The van der Waals surface area contributed by atoms with E-state index in [-0.39, 0.29) is 24.3 Å². The lowest BCUT2D eigenvalue weighted by atomic mass is 9.86. The first kappa shape index (κ1) is 15.8. The van der Waals surface area contributed by atoms with E-state index in [9.17, 15) is 9.59 Å². The number of nitriles is 1. The van der Waals surface area contributed by atoms with Gasteiger partial charge in [0.15, 0.2) is 0 Å². The Morgan fingerprint density at radius 3 is 2.38 bits per heavy atom. The van der Waals surface area contributed by atoms with E-state index in [2.05, 4.69) is 5.32 Å². The number of nitrogens with zero attached hydrogens (tertiary/aromatic N) is 2. The van der Waals surface area contributed by atoms with Crippen molar-refractivity contribution in [3.05, 3.63) is 0 Å². The number of amides is 2. The molecular formula is C16H25N3O2. The van der Waals surface area contributed by atoms with Crippen LogP contribution in [-0.4, -0.2) is 35.8 Å². The fourth-order valence-electron chi connectivity index (χ4n) is 3.39. The van der Waals surface area contributed by atoms with E-state index in [0.29, 0.717) is 12.3 Å². The summed E-state index contributed by atoms with van der Waals surface area (Å²) in [5.74, 6) is 0.660. The summed E-state index contributed by atoms with van der Waals surface area (Å²) in [6.45, 7) is 1.45. The van der Waals surface area contributed by atoms with E-state index < -0.39 is 0 Å². The predicted molar refractivity (Wildman–Crippen MR) is 79.2 cm³/mol. The molecule has 5 nitrogen and oxygen atoms in total. The smallest absolute Gasteiger partial charge is 0.234 e. The molecular weight excluding hydrogens is 266 g/mol. The highest BCUT2D eigenvalue weighted by Crippen LogP contribution is 2.27.